The Balaban J connectivity index is 2.40. The van der Waals surface area contributed by atoms with Gasteiger partial charge >= 0.3 is 0 Å². The highest BCUT2D eigenvalue weighted by atomic mass is 79.9. The molecular formula is C11H9BrCl2N4. The normalized spacial score (nSPS) is 10.4. The minimum absolute atomic E-state index is 0.147. The fraction of sp³-hybridized carbons (Fsp3) is 0.0909. The molecule has 2 rings (SSSR count). The highest BCUT2D eigenvalue weighted by Crippen LogP contribution is 2.30. The Bertz CT molecular complexity index is 604. The molecule has 0 atom stereocenters. The van der Waals surface area contributed by atoms with Crippen LogP contribution in [0.25, 0.3) is 0 Å². The van der Waals surface area contributed by atoms with Crippen molar-refractivity contribution >= 4 is 56.3 Å². The van der Waals surface area contributed by atoms with E-state index in [9.17, 15) is 0 Å². The van der Waals surface area contributed by atoms with Crippen LogP contribution < -0.4 is 11.1 Å². The summed E-state index contributed by atoms with van der Waals surface area (Å²) in [6.45, 7) is 1.77. The molecule has 0 fully saturated rings. The first-order chi connectivity index (χ1) is 8.47. The summed E-state index contributed by atoms with van der Waals surface area (Å²) >= 11 is 15.1. The number of aryl methyl sites for hydroxylation is 1. The van der Waals surface area contributed by atoms with Crippen LogP contribution in [0, 0.1) is 6.92 Å². The molecule has 1 aromatic carbocycles. The minimum Gasteiger partial charge on any atom is -0.394 e. The van der Waals surface area contributed by atoms with Gasteiger partial charge in [0.25, 0.3) is 0 Å². The number of nitrogens with two attached hydrogens (primary N) is 1. The molecule has 18 heavy (non-hydrogen) atoms. The van der Waals surface area contributed by atoms with Crippen LogP contribution in [-0.4, -0.2) is 9.97 Å². The van der Waals surface area contributed by atoms with E-state index in [1.807, 2.05) is 6.07 Å². The maximum atomic E-state index is 5.89. The van der Waals surface area contributed by atoms with Crippen LogP contribution in [0.4, 0.5) is 17.2 Å². The quantitative estimate of drug-likeness (QED) is 0.800. The van der Waals surface area contributed by atoms with Gasteiger partial charge in [0.1, 0.15) is 0 Å². The molecule has 0 saturated carbocycles. The molecule has 0 amide bonds. The maximum absolute atomic E-state index is 5.89. The number of anilines is 3. The highest BCUT2D eigenvalue weighted by Gasteiger charge is 2.09. The molecule has 0 saturated heterocycles. The van der Waals surface area contributed by atoms with E-state index in [1.54, 1.807) is 19.1 Å². The Labute approximate surface area is 123 Å². The second kappa shape index (κ2) is 5.30. The SMILES string of the molecule is Cc1nc(Cl)nc(Nc2ccc(Cl)cc2Br)c1N. The van der Waals surface area contributed by atoms with Gasteiger partial charge in [-0.1, -0.05) is 11.6 Å². The molecule has 0 aliphatic rings. The summed E-state index contributed by atoms with van der Waals surface area (Å²) in [4.78, 5) is 8.03. The lowest BCUT2D eigenvalue weighted by atomic mass is 10.3. The zero-order chi connectivity index (χ0) is 13.3. The monoisotopic (exact) mass is 346 g/mol. The average Bonchev–Trinajstić information content (AvgIpc) is 2.29. The Morgan fingerprint density at radius 3 is 2.67 bits per heavy atom. The summed E-state index contributed by atoms with van der Waals surface area (Å²) in [7, 11) is 0. The van der Waals surface area contributed by atoms with E-state index >= 15 is 0 Å². The van der Waals surface area contributed by atoms with Crippen molar-refractivity contribution in [3.8, 4) is 0 Å². The Hall–Kier alpha value is -1.04. The fourth-order valence-corrected chi connectivity index (χ4v) is 2.35. The molecule has 4 nitrogen and oxygen atoms in total. The number of nitrogens with one attached hydrogen (secondary N) is 1. The van der Waals surface area contributed by atoms with E-state index < -0.39 is 0 Å². The summed E-state index contributed by atoms with van der Waals surface area (Å²) in [5, 5.41) is 3.87. The van der Waals surface area contributed by atoms with Crippen LogP contribution in [0.15, 0.2) is 22.7 Å². The zero-order valence-corrected chi connectivity index (χ0v) is 12.4. The van der Waals surface area contributed by atoms with Gasteiger partial charge in [0, 0.05) is 9.50 Å². The lowest BCUT2D eigenvalue weighted by Crippen LogP contribution is -2.04. The molecule has 1 aromatic heterocycles. The first-order valence-corrected chi connectivity index (χ1v) is 6.54. The Morgan fingerprint density at radius 2 is 2.00 bits per heavy atom. The number of benzene rings is 1. The molecule has 7 heteroatoms. The Kier molecular flexibility index (Phi) is 3.94. The van der Waals surface area contributed by atoms with Crippen molar-refractivity contribution in [1.29, 1.82) is 0 Å². The van der Waals surface area contributed by atoms with E-state index in [0.717, 1.165) is 10.2 Å². The van der Waals surface area contributed by atoms with Crippen molar-refractivity contribution in [2.45, 2.75) is 6.92 Å². The predicted octanol–water partition coefficient (Wildman–Crippen LogP) is 4.18. The van der Waals surface area contributed by atoms with Gasteiger partial charge < -0.3 is 11.1 Å². The molecule has 0 bridgehead atoms. The summed E-state index contributed by atoms with van der Waals surface area (Å²) < 4.78 is 0.807. The largest absolute Gasteiger partial charge is 0.394 e. The number of rotatable bonds is 2. The maximum Gasteiger partial charge on any atom is 0.224 e. The first-order valence-electron chi connectivity index (χ1n) is 4.99. The lowest BCUT2D eigenvalue weighted by molar-refractivity contribution is 1.11. The van der Waals surface area contributed by atoms with Crippen LogP contribution in [0.3, 0.4) is 0 Å². The molecule has 2 aromatic rings. The van der Waals surface area contributed by atoms with Gasteiger partial charge in [0.15, 0.2) is 5.82 Å². The molecule has 0 spiro atoms. The summed E-state index contributed by atoms with van der Waals surface area (Å²) in [5.74, 6) is 0.468. The molecule has 3 N–H and O–H groups in total. The third-order valence-corrected chi connectivity index (χ3v) is 3.35. The standard InChI is InChI=1S/C11H9BrCl2N4/c1-5-9(15)10(18-11(14)16-5)17-8-3-2-6(13)4-7(8)12/h2-4H,15H2,1H3,(H,16,17,18). The molecule has 0 aliphatic carbocycles. The predicted molar refractivity (Wildman–Crippen MR) is 78.6 cm³/mol. The third kappa shape index (κ3) is 2.85. The number of aromatic nitrogens is 2. The van der Waals surface area contributed by atoms with Crippen molar-refractivity contribution in [2.75, 3.05) is 11.1 Å². The fourth-order valence-electron chi connectivity index (χ4n) is 1.36. The first kappa shape index (κ1) is 13.4. The van der Waals surface area contributed by atoms with Crippen molar-refractivity contribution in [3.63, 3.8) is 0 Å². The van der Waals surface area contributed by atoms with Crippen molar-refractivity contribution in [3.05, 3.63) is 38.7 Å². The zero-order valence-electron chi connectivity index (χ0n) is 9.34. The van der Waals surface area contributed by atoms with Gasteiger partial charge in [0.2, 0.25) is 5.28 Å². The van der Waals surface area contributed by atoms with Crippen molar-refractivity contribution in [1.82, 2.24) is 9.97 Å². The van der Waals surface area contributed by atoms with Gasteiger partial charge in [-0.2, -0.15) is 4.98 Å². The molecular weight excluding hydrogens is 339 g/mol. The number of hydrogen-bond acceptors (Lipinski definition) is 4. The van der Waals surface area contributed by atoms with E-state index in [1.165, 1.54) is 0 Å². The van der Waals surface area contributed by atoms with Crippen LogP contribution in [0.5, 0.6) is 0 Å². The van der Waals surface area contributed by atoms with Crippen LogP contribution in [0.1, 0.15) is 5.69 Å². The number of hydrogen-bond donors (Lipinski definition) is 2. The highest BCUT2D eigenvalue weighted by molar-refractivity contribution is 9.10. The van der Waals surface area contributed by atoms with Gasteiger partial charge in [-0.3, -0.25) is 0 Å². The second-order valence-corrected chi connectivity index (χ2v) is 5.22. The van der Waals surface area contributed by atoms with Crippen LogP contribution >= 0.6 is 39.1 Å². The molecule has 94 valence electrons. The summed E-state index contributed by atoms with van der Waals surface area (Å²) in [6.07, 6.45) is 0. The van der Waals surface area contributed by atoms with E-state index in [0.29, 0.717) is 22.2 Å². The third-order valence-electron chi connectivity index (χ3n) is 2.29. The van der Waals surface area contributed by atoms with Crippen molar-refractivity contribution < 1.29 is 0 Å². The molecule has 0 radical (unpaired) electrons. The van der Waals surface area contributed by atoms with Gasteiger partial charge in [-0.25, -0.2) is 4.98 Å². The van der Waals surface area contributed by atoms with E-state index in [2.05, 4.69) is 31.2 Å². The molecule has 0 aliphatic heterocycles. The Morgan fingerprint density at radius 1 is 1.28 bits per heavy atom. The number of halogens is 3. The summed E-state index contributed by atoms with van der Waals surface area (Å²) in [6, 6.07) is 5.35. The van der Waals surface area contributed by atoms with E-state index in [-0.39, 0.29) is 5.28 Å². The smallest absolute Gasteiger partial charge is 0.224 e. The average molecular weight is 348 g/mol. The van der Waals surface area contributed by atoms with Gasteiger partial charge in [-0.05, 0) is 52.7 Å². The van der Waals surface area contributed by atoms with Crippen LogP contribution in [-0.2, 0) is 0 Å². The minimum atomic E-state index is 0.147. The topological polar surface area (TPSA) is 63.8 Å². The van der Waals surface area contributed by atoms with Crippen molar-refractivity contribution in [2.24, 2.45) is 0 Å². The van der Waals surface area contributed by atoms with E-state index in [4.69, 9.17) is 28.9 Å². The number of nitrogen functional groups attached to an aromatic ring is 1. The molecule has 0 unspecified atom stereocenters. The van der Waals surface area contributed by atoms with Gasteiger partial charge in [-0.15, -0.1) is 0 Å². The van der Waals surface area contributed by atoms with Gasteiger partial charge in [0.05, 0.1) is 17.1 Å². The summed E-state index contributed by atoms with van der Waals surface area (Å²) in [5.41, 5.74) is 7.77. The lowest BCUT2D eigenvalue weighted by Gasteiger charge is -2.11. The van der Waals surface area contributed by atoms with Crippen LogP contribution in [0.2, 0.25) is 10.3 Å². The molecule has 1 heterocycles. The second-order valence-electron chi connectivity index (χ2n) is 3.59. The number of nitrogens with zero attached hydrogens (tertiary/aromatic N) is 2.